The second-order valence-electron chi connectivity index (χ2n) is 4.11. The van der Waals surface area contributed by atoms with Crippen molar-refractivity contribution in [3.8, 4) is 0 Å². The van der Waals surface area contributed by atoms with Crippen LogP contribution < -0.4 is 5.32 Å². The normalized spacial score (nSPS) is 27.6. The van der Waals surface area contributed by atoms with Gasteiger partial charge in [-0.3, -0.25) is 0 Å². The Balaban J connectivity index is 2.10. The van der Waals surface area contributed by atoms with E-state index in [1.165, 1.54) is 12.0 Å². The minimum atomic E-state index is 0.575. The lowest BCUT2D eigenvalue weighted by Gasteiger charge is -2.27. The topological polar surface area (TPSA) is 24.9 Å². The minimum Gasteiger partial charge on any atom is -0.316 e. The zero-order valence-corrected chi connectivity index (χ0v) is 9.09. The first kappa shape index (κ1) is 9.94. The molecule has 0 bridgehead atoms. The van der Waals surface area contributed by atoms with Crippen molar-refractivity contribution in [1.82, 2.24) is 10.3 Å². The summed E-state index contributed by atoms with van der Waals surface area (Å²) < 4.78 is 0. The lowest BCUT2D eigenvalue weighted by atomic mass is 9.87. The Morgan fingerprint density at radius 1 is 1.43 bits per heavy atom. The van der Waals surface area contributed by atoms with E-state index in [0.29, 0.717) is 11.1 Å². The predicted molar refractivity (Wildman–Crippen MR) is 58.6 cm³/mol. The molecule has 1 saturated heterocycles. The van der Waals surface area contributed by atoms with E-state index in [-0.39, 0.29) is 0 Å². The maximum Gasteiger partial charge on any atom is 0.129 e. The van der Waals surface area contributed by atoms with E-state index >= 15 is 0 Å². The third kappa shape index (κ3) is 2.25. The van der Waals surface area contributed by atoms with Crippen molar-refractivity contribution in [3.05, 3.63) is 29.0 Å². The molecule has 2 nitrogen and oxygen atoms in total. The lowest BCUT2D eigenvalue weighted by Crippen LogP contribution is -2.33. The molecule has 2 rings (SSSR count). The number of nitrogens with one attached hydrogen (secondary N) is 1. The predicted octanol–water partition coefficient (Wildman–Crippen LogP) is 2.45. The Morgan fingerprint density at radius 2 is 2.29 bits per heavy atom. The summed E-state index contributed by atoms with van der Waals surface area (Å²) in [6.07, 6.45) is 3.14. The third-order valence-corrected chi connectivity index (χ3v) is 3.02. The molecule has 0 radical (unpaired) electrons. The van der Waals surface area contributed by atoms with Gasteiger partial charge < -0.3 is 5.32 Å². The van der Waals surface area contributed by atoms with Crippen LogP contribution in [0.2, 0.25) is 5.15 Å². The van der Waals surface area contributed by atoms with Gasteiger partial charge in [0.15, 0.2) is 0 Å². The van der Waals surface area contributed by atoms with Gasteiger partial charge in [0, 0.05) is 12.7 Å². The van der Waals surface area contributed by atoms with Crippen molar-refractivity contribution >= 4 is 11.6 Å². The van der Waals surface area contributed by atoms with Gasteiger partial charge in [0.1, 0.15) is 5.15 Å². The summed E-state index contributed by atoms with van der Waals surface area (Å²) in [5, 5.41) is 4.01. The number of pyridine rings is 1. The molecular formula is C11H15ClN2. The molecule has 0 unspecified atom stereocenters. The van der Waals surface area contributed by atoms with E-state index in [1.54, 1.807) is 0 Å². The maximum atomic E-state index is 5.75. The number of piperidine rings is 1. The zero-order valence-electron chi connectivity index (χ0n) is 8.33. The van der Waals surface area contributed by atoms with Crippen LogP contribution in [0, 0.1) is 5.92 Å². The zero-order chi connectivity index (χ0) is 9.97. The molecule has 0 amide bonds. The highest BCUT2D eigenvalue weighted by atomic mass is 35.5. The molecule has 0 saturated carbocycles. The maximum absolute atomic E-state index is 5.75. The van der Waals surface area contributed by atoms with Crippen LogP contribution in [-0.2, 0) is 0 Å². The highest BCUT2D eigenvalue weighted by Gasteiger charge is 2.19. The van der Waals surface area contributed by atoms with Crippen LogP contribution in [0.3, 0.4) is 0 Å². The molecule has 3 heteroatoms. The molecule has 2 atom stereocenters. The van der Waals surface area contributed by atoms with Gasteiger partial charge in [-0.2, -0.15) is 0 Å². The molecule has 76 valence electrons. The largest absolute Gasteiger partial charge is 0.316 e. The highest BCUT2D eigenvalue weighted by Crippen LogP contribution is 2.25. The molecule has 1 aliphatic heterocycles. The summed E-state index contributed by atoms with van der Waals surface area (Å²) in [5.41, 5.74) is 1.30. The van der Waals surface area contributed by atoms with E-state index in [4.69, 9.17) is 11.6 Å². The Kier molecular flexibility index (Phi) is 3.04. The van der Waals surface area contributed by atoms with Crippen LogP contribution in [0.25, 0.3) is 0 Å². The molecule has 1 fully saturated rings. The second-order valence-corrected chi connectivity index (χ2v) is 4.50. The molecule has 0 aliphatic carbocycles. The summed E-state index contributed by atoms with van der Waals surface area (Å²) >= 11 is 5.75. The van der Waals surface area contributed by atoms with Gasteiger partial charge >= 0.3 is 0 Å². The van der Waals surface area contributed by atoms with Gasteiger partial charge in [0.2, 0.25) is 0 Å². The van der Waals surface area contributed by atoms with Gasteiger partial charge in [-0.1, -0.05) is 24.6 Å². The van der Waals surface area contributed by atoms with Gasteiger partial charge in [-0.25, -0.2) is 4.98 Å². The molecule has 1 N–H and O–H groups in total. The molecule has 0 spiro atoms. The second kappa shape index (κ2) is 4.28. The Hall–Kier alpha value is -0.600. The van der Waals surface area contributed by atoms with Gasteiger partial charge in [0.05, 0.1) is 0 Å². The molecule has 0 aromatic carbocycles. The molecule has 2 heterocycles. The smallest absolute Gasteiger partial charge is 0.129 e. The lowest BCUT2D eigenvalue weighted by molar-refractivity contribution is 0.363. The van der Waals surface area contributed by atoms with Crippen LogP contribution in [0.15, 0.2) is 18.3 Å². The van der Waals surface area contributed by atoms with Gasteiger partial charge in [0.25, 0.3) is 0 Å². The molecule has 1 aromatic rings. The Morgan fingerprint density at radius 3 is 2.93 bits per heavy atom. The van der Waals surface area contributed by atoms with Crippen LogP contribution in [0.1, 0.15) is 24.8 Å². The third-order valence-electron chi connectivity index (χ3n) is 2.79. The van der Waals surface area contributed by atoms with Crippen LogP contribution in [-0.4, -0.2) is 18.1 Å². The number of halogens is 1. The number of aromatic nitrogens is 1. The average Bonchev–Trinajstić information content (AvgIpc) is 2.19. The van der Waals surface area contributed by atoms with Gasteiger partial charge in [-0.05, 0) is 36.4 Å². The van der Waals surface area contributed by atoms with Crippen molar-refractivity contribution in [2.75, 3.05) is 13.1 Å². The first-order valence-electron chi connectivity index (χ1n) is 5.08. The summed E-state index contributed by atoms with van der Waals surface area (Å²) in [5.74, 6) is 1.35. The Bertz CT molecular complexity index is 297. The van der Waals surface area contributed by atoms with Crippen molar-refractivity contribution < 1.29 is 0 Å². The summed E-state index contributed by atoms with van der Waals surface area (Å²) in [7, 11) is 0. The molecule has 1 aromatic heterocycles. The van der Waals surface area contributed by atoms with Crippen molar-refractivity contribution in [1.29, 1.82) is 0 Å². The number of rotatable bonds is 1. The van der Waals surface area contributed by atoms with Crippen LogP contribution in [0.4, 0.5) is 0 Å². The van der Waals surface area contributed by atoms with E-state index in [0.717, 1.165) is 19.0 Å². The Labute approximate surface area is 89.7 Å². The first-order valence-corrected chi connectivity index (χ1v) is 5.45. The summed E-state index contributed by atoms with van der Waals surface area (Å²) in [4.78, 5) is 4.12. The fraction of sp³-hybridized carbons (Fsp3) is 0.545. The van der Waals surface area contributed by atoms with Crippen molar-refractivity contribution in [2.45, 2.75) is 19.3 Å². The van der Waals surface area contributed by atoms with Crippen molar-refractivity contribution in [3.63, 3.8) is 0 Å². The van der Waals surface area contributed by atoms with Crippen LogP contribution in [0.5, 0.6) is 0 Å². The molecule has 1 aliphatic rings. The average molecular weight is 211 g/mol. The standard InChI is InChI=1S/C11H15ClN2/c1-8-4-10(6-13-5-8)9-2-3-11(12)14-7-9/h2-3,7-8,10,13H,4-6H2,1H3/t8-,10+/m1/s1. The van der Waals surface area contributed by atoms with E-state index in [1.807, 2.05) is 12.3 Å². The monoisotopic (exact) mass is 210 g/mol. The fourth-order valence-electron chi connectivity index (χ4n) is 2.04. The fourth-order valence-corrected chi connectivity index (χ4v) is 2.15. The number of hydrogen-bond donors (Lipinski definition) is 1. The van der Waals surface area contributed by atoms with Gasteiger partial charge in [-0.15, -0.1) is 0 Å². The SMILES string of the molecule is C[C@H]1CNC[C@@H](c2ccc(Cl)nc2)C1. The van der Waals surface area contributed by atoms with E-state index in [2.05, 4.69) is 23.3 Å². The summed E-state index contributed by atoms with van der Waals surface area (Å²) in [6, 6.07) is 3.95. The van der Waals surface area contributed by atoms with E-state index in [9.17, 15) is 0 Å². The van der Waals surface area contributed by atoms with E-state index < -0.39 is 0 Å². The highest BCUT2D eigenvalue weighted by molar-refractivity contribution is 6.29. The van der Waals surface area contributed by atoms with Crippen LogP contribution >= 0.6 is 11.6 Å². The molecule has 14 heavy (non-hydrogen) atoms. The minimum absolute atomic E-state index is 0.575. The number of nitrogens with zero attached hydrogens (tertiary/aromatic N) is 1. The molecular weight excluding hydrogens is 196 g/mol. The van der Waals surface area contributed by atoms with Crippen molar-refractivity contribution in [2.24, 2.45) is 5.92 Å². The quantitative estimate of drug-likeness (QED) is 0.721. The summed E-state index contributed by atoms with van der Waals surface area (Å²) in [6.45, 7) is 4.48. The number of hydrogen-bond acceptors (Lipinski definition) is 2. The first-order chi connectivity index (χ1) is 6.75.